The second kappa shape index (κ2) is 4.24. The minimum absolute atomic E-state index is 0.120. The smallest absolute Gasteiger partial charge is 0.198 e. The van der Waals surface area contributed by atoms with Gasteiger partial charge in [-0.1, -0.05) is 27.7 Å². The van der Waals surface area contributed by atoms with E-state index in [1.54, 1.807) is 0 Å². The molecule has 66 valence electrons. The first-order chi connectivity index (χ1) is 4.81. The van der Waals surface area contributed by atoms with Crippen molar-refractivity contribution >= 4 is 20.6 Å². The van der Waals surface area contributed by atoms with Gasteiger partial charge < -0.3 is 0 Å². The van der Waals surface area contributed by atoms with E-state index >= 15 is 0 Å². The first kappa shape index (κ1) is 11.2. The highest BCUT2D eigenvalue weighted by Crippen LogP contribution is 2.26. The van der Waals surface area contributed by atoms with E-state index < -0.39 is 0 Å². The lowest BCUT2D eigenvalue weighted by molar-refractivity contribution is -0.111. The Bertz CT molecular complexity index is 135. The normalized spacial score (nSPS) is 14.6. The zero-order valence-corrected chi connectivity index (χ0v) is 9.36. The number of halogens is 1. The minimum atomic E-state index is 0.120. The third-order valence-corrected chi connectivity index (χ3v) is 1.79. The van der Waals surface area contributed by atoms with Crippen LogP contribution >= 0.6 is 15.9 Å². The summed E-state index contributed by atoms with van der Waals surface area (Å²) in [6, 6.07) is 0. The second-order valence-corrected chi connectivity index (χ2v) is 5.31. The van der Waals surface area contributed by atoms with Crippen molar-refractivity contribution in [3.05, 3.63) is 0 Å². The van der Waals surface area contributed by atoms with Gasteiger partial charge in [-0.25, -0.2) is 0 Å². The number of hydrogen-bond acceptors (Lipinski definition) is 1. The lowest BCUT2D eigenvalue weighted by Crippen LogP contribution is -2.12. The number of hydrogen-bond donors (Lipinski definition) is 0. The van der Waals surface area contributed by atoms with Gasteiger partial charge in [0.05, 0.1) is 0 Å². The number of rotatable bonds is 3. The molecule has 1 nitrogen and oxygen atoms in total. The molecular formula is C9H17BrO. The van der Waals surface area contributed by atoms with Crippen LogP contribution in [0.3, 0.4) is 0 Å². The van der Waals surface area contributed by atoms with Gasteiger partial charge in [0.2, 0.25) is 0 Å². The molecule has 0 aromatic carbocycles. The van der Waals surface area contributed by atoms with Gasteiger partial charge >= 0.3 is 0 Å². The summed E-state index contributed by atoms with van der Waals surface area (Å²) in [4.78, 5) is 10.7. The quantitative estimate of drug-likeness (QED) is 0.667. The standard InChI is InChI=1S/C9H17BrO/c1-7(5-8(10)11)6-9(2,3)4/h7H,5-6H2,1-4H3. The maximum absolute atomic E-state index is 10.7. The first-order valence-electron chi connectivity index (χ1n) is 3.99. The van der Waals surface area contributed by atoms with E-state index in [-0.39, 0.29) is 4.69 Å². The van der Waals surface area contributed by atoms with Crippen molar-refractivity contribution in [2.75, 3.05) is 0 Å². The van der Waals surface area contributed by atoms with Crippen molar-refractivity contribution in [3.63, 3.8) is 0 Å². The molecule has 0 aliphatic carbocycles. The van der Waals surface area contributed by atoms with Gasteiger partial charge in [-0.2, -0.15) is 0 Å². The molecule has 0 fully saturated rings. The fraction of sp³-hybridized carbons (Fsp3) is 0.889. The van der Waals surface area contributed by atoms with Crippen LogP contribution in [-0.2, 0) is 4.79 Å². The van der Waals surface area contributed by atoms with E-state index in [0.29, 0.717) is 17.8 Å². The van der Waals surface area contributed by atoms with Crippen LogP contribution in [0.25, 0.3) is 0 Å². The van der Waals surface area contributed by atoms with Crippen LogP contribution in [-0.4, -0.2) is 4.69 Å². The average Bonchev–Trinajstić information content (AvgIpc) is 1.53. The second-order valence-electron chi connectivity index (χ2n) is 4.43. The summed E-state index contributed by atoms with van der Waals surface area (Å²) >= 11 is 2.94. The molecule has 0 rings (SSSR count). The largest absolute Gasteiger partial charge is 0.287 e. The molecule has 2 heteroatoms. The van der Waals surface area contributed by atoms with Gasteiger partial charge in [-0.05, 0) is 33.7 Å². The molecule has 11 heavy (non-hydrogen) atoms. The molecule has 0 N–H and O–H groups in total. The van der Waals surface area contributed by atoms with Crippen LogP contribution in [0.1, 0.15) is 40.5 Å². The summed E-state index contributed by atoms with van der Waals surface area (Å²) in [6.07, 6.45) is 1.75. The SMILES string of the molecule is CC(CC(=O)Br)CC(C)(C)C. The number of carbonyl (C=O) groups excluding carboxylic acids is 1. The average molecular weight is 221 g/mol. The van der Waals surface area contributed by atoms with Crippen LogP contribution < -0.4 is 0 Å². The Labute approximate surface area is 77.7 Å². The lowest BCUT2D eigenvalue weighted by Gasteiger charge is -2.21. The Morgan fingerprint density at radius 1 is 1.45 bits per heavy atom. The molecule has 0 bridgehead atoms. The third kappa shape index (κ3) is 8.05. The van der Waals surface area contributed by atoms with E-state index in [1.807, 2.05) is 0 Å². The van der Waals surface area contributed by atoms with Gasteiger partial charge in [-0.15, -0.1) is 0 Å². The van der Waals surface area contributed by atoms with Gasteiger partial charge in [0.15, 0.2) is 4.69 Å². The van der Waals surface area contributed by atoms with Gasteiger partial charge in [-0.3, -0.25) is 4.79 Å². The Balaban J connectivity index is 3.69. The summed E-state index contributed by atoms with van der Waals surface area (Å²) < 4.78 is 0.120. The van der Waals surface area contributed by atoms with Crippen LogP contribution in [0.4, 0.5) is 0 Å². The molecule has 0 saturated heterocycles. The summed E-state index contributed by atoms with van der Waals surface area (Å²) in [6.45, 7) is 8.71. The number of carbonyl (C=O) groups is 1. The molecule has 0 aliphatic rings. The topological polar surface area (TPSA) is 17.1 Å². The van der Waals surface area contributed by atoms with Crippen LogP contribution in [0.15, 0.2) is 0 Å². The molecule has 0 heterocycles. The zero-order chi connectivity index (χ0) is 9.07. The van der Waals surface area contributed by atoms with Crippen molar-refractivity contribution in [1.82, 2.24) is 0 Å². The van der Waals surface area contributed by atoms with Crippen molar-refractivity contribution in [3.8, 4) is 0 Å². The maximum Gasteiger partial charge on any atom is 0.198 e. The lowest BCUT2D eigenvalue weighted by atomic mass is 9.84. The molecule has 1 unspecified atom stereocenters. The minimum Gasteiger partial charge on any atom is -0.287 e. The highest BCUT2D eigenvalue weighted by Gasteiger charge is 2.16. The van der Waals surface area contributed by atoms with E-state index in [2.05, 4.69) is 43.6 Å². The van der Waals surface area contributed by atoms with Gasteiger partial charge in [0.1, 0.15) is 0 Å². The first-order valence-corrected chi connectivity index (χ1v) is 4.79. The molecule has 0 aromatic heterocycles. The zero-order valence-electron chi connectivity index (χ0n) is 7.78. The van der Waals surface area contributed by atoms with Gasteiger partial charge in [0, 0.05) is 6.42 Å². The van der Waals surface area contributed by atoms with E-state index in [9.17, 15) is 4.79 Å². The third-order valence-electron chi connectivity index (χ3n) is 1.47. The maximum atomic E-state index is 10.7. The molecule has 0 radical (unpaired) electrons. The summed E-state index contributed by atoms with van der Waals surface area (Å²) in [5.74, 6) is 0.488. The van der Waals surface area contributed by atoms with E-state index in [4.69, 9.17) is 0 Å². The molecule has 0 amide bonds. The van der Waals surface area contributed by atoms with Crippen LogP contribution in [0, 0.1) is 11.3 Å². The fourth-order valence-electron chi connectivity index (χ4n) is 1.39. The highest BCUT2D eigenvalue weighted by atomic mass is 79.9. The van der Waals surface area contributed by atoms with Crippen LogP contribution in [0.5, 0.6) is 0 Å². The highest BCUT2D eigenvalue weighted by molar-refractivity contribution is 9.18. The molecule has 0 saturated carbocycles. The molecule has 1 atom stereocenters. The van der Waals surface area contributed by atoms with E-state index in [0.717, 1.165) is 6.42 Å². The van der Waals surface area contributed by atoms with Crippen molar-refractivity contribution in [1.29, 1.82) is 0 Å². The van der Waals surface area contributed by atoms with Gasteiger partial charge in [0.25, 0.3) is 0 Å². The van der Waals surface area contributed by atoms with Crippen molar-refractivity contribution < 1.29 is 4.79 Å². The van der Waals surface area contributed by atoms with E-state index in [1.165, 1.54) is 0 Å². The summed E-state index contributed by atoms with van der Waals surface area (Å²) in [5.41, 5.74) is 0.335. The van der Waals surface area contributed by atoms with Crippen molar-refractivity contribution in [2.45, 2.75) is 40.5 Å². The monoisotopic (exact) mass is 220 g/mol. The Morgan fingerprint density at radius 2 is 1.91 bits per heavy atom. The van der Waals surface area contributed by atoms with Crippen molar-refractivity contribution in [2.24, 2.45) is 11.3 Å². The summed E-state index contributed by atoms with van der Waals surface area (Å²) in [5, 5.41) is 0. The Hall–Kier alpha value is 0.150. The Kier molecular flexibility index (Phi) is 4.30. The van der Waals surface area contributed by atoms with Crippen LogP contribution in [0.2, 0.25) is 0 Å². The predicted octanol–water partition coefficient (Wildman–Crippen LogP) is 3.37. The predicted molar refractivity (Wildman–Crippen MR) is 51.8 cm³/mol. The molecular weight excluding hydrogens is 204 g/mol. The fourth-order valence-corrected chi connectivity index (χ4v) is 1.94. The summed E-state index contributed by atoms with van der Waals surface area (Å²) in [7, 11) is 0. The molecule has 0 aromatic rings. The molecule has 0 spiro atoms. The Morgan fingerprint density at radius 3 is 2.18 bits per heavy atom. The molecule has 0 aliphatic heterocycles.